The van der Waals surface area contributed by atoms with Crippen molar-refractivity contribution in [3.63, 3.8) is 0 Å². The number of H-pyrrole nitrogens is 1. The number of rotatable bonds is 6. The summed E-state index contributed by atoms with van der Waals surface area (Å²) >= 11 is 0. The lowest BCUT2D eigenvalue weighted by molar-refractivity contribution is 0.0950. The largest absolute Gasteiger partial charge is 0.496 e. The quantitative estimate of drug-likeness (QED) is 0.692. The zero-order valence-corrected chi connectivity index (χ0v) is 15.8. The summed E-state index contributed by atoms with van der Waals surface area (Å²) in [6, 6.07) is 17.6. The van der Waals surface area contributed by atoms with Crippen LogP contribution in [0.3, 0.4) is 0 Å². The highest BCUT2D eigenvalue weighted by Crippen LogP contribution is 2.30. The molecule has 2 N–H and O–H groups in total. The number of carbonyl (C=O) groups is 1. The molecular formula is C22H23N3O3. The number of imidazole rings is 1. The minimum absolute atomic E-state index is 0.121. The van der Waals surface area contributed by atoms with E-state index in [1.165, 1.54) is 0 Å². The molecule has 2 heterocycles. The smallest absolute Gasteiger partial charge is 0.271 e. The molecule has 1 aromatic heterocycles. The number of aromatic amines is 1. The van der Waals surface area contributed by atoms with E-state index in [9.17, 15) is 4.79 Å². The maximum absolute atomic E-state index is 12.5. The van der Waals surface area contributed by atoms with E-state index in [0.717, 1.165) is 28.6 Å². The Morgan fingerprint density at radius 3 is 2.71 bits per heavy atom. The molecule has 4 rings (SSSR count). The summed E-state index contributed by atoms with van der Waals surface area (Å²) in [4.78, 5) is 20.3. The molecule has 28 heavy (non-hydrogen) atoms. The fourth-order valence-electron chi connectivity index (χ4n) is 3.54. The third-order valence-corrected chi connectivity index (χ3v) is 4.93. The number of aromatic nitrogens is 2. The second-order valence-electron chi connectivity index (χ2n) is 6.78. The third kappa shape index (κ3) is 3.86. The predicted octanol–water partition coefficient (Wildman–Crippen LogP) is 3.11. The number of amides is 1. The molecule has 0 spiro atoms. The van der Waals surface area contributed by atoms with E-state index in [4.69, 9.17) is 9.47 Å². The summed E-state index contributed by atoms with van der Waals surface area (Å²) < 4.78 is 11.2. The predicted molar refractivity (Wildman–Crippen MR) is 106 cm³/mol. The van der Waals surface area contributed by atoms with E-state index in [0.29, 0.717) is 31.7 Å². The Morgan fingerprint density at radius 2 is 1.89 bits per heavy atom. The molecule has 2 aromatic carbocycles. The van der Waals surface area contributed by atoms with Crippen molar-refractivity contribution in [2.45, 2.75) is 18.8 Å². The normalized spacial score (nSPS) is 16.0. The summed E-state index contributed by atoms with van der Waals surface area (Å²) in [5, 5.41) is 2.99. The minimum Gasteiger partial charge on any atom is -0.496 e. The van der Waals surface area contributed by atoms with Crippen LogP contribution in [-0.2, 0) is 12.8 Å². The first-order chi connectivity index (χ1) is 13.7. The molecule has 0 radical (unpaired) electrons. The van der Waals surface area contributed by atoms with Crippen LogP contribution < -0.4 is 14.8 Å². The van der Waals surface area contributed by atoms with Crippen LogP contribution in [-0.4, -0.2) is 36.1 Å². The number of fused-ring (bicyclic) bond motifs is 1. The number of hydrogen-bond donors (Lipinski definition) is 2. The van der Waals surface area contributed by atoms with Crippen LogP contribution in [0.2, 0.25) is 0 Å². The Balaban J connectivity index is 1.49. The van der Waals surface area contributed by atoms with Crippen LogP contribution >= 0.6 is 0 Å². The molecule has 0 aliphatic carbocycles. The summed E-state index contributed by atoms with van der Waals surface area (Å²) in [6.45, 7) is 1.05. The molecule has 1 aliphatic heterocycles. The van der Waals surface area contributed by atoms with Gasteiger partial charge in [-0.2, -0.15) is 0 Å². The molecule has 144 valence electrons. The molecule has 3 aromatic rings. The number of ether oxygens (including phenoxy) is 2. The average Bonchev–Trinajstić information content (AvgIpc) is 3.07. The molecule has 6 heteroatoms. The standard InChI is InChI=1S/C22H23N3O3/c1-27-19-10-6-5-9-17(19)15-13-18-21(22(26)23-14-15)25-20(24-18)11-12-28-16-7-3-2-4-8-16/h2-10,15H,11-14H2,1H3,(H,23,26)(H,24,25). The molecule has 1 aliphatic rings. The fraction of sp³-hybridized carbons (Fsp3) is 0.273. The molecule has 6 nitrogen and oxygen atoms in total. The number of nitrogens with one attached hydrogen (secondary N) is 2. The minimum atomic E-state index is -0.140. The van der Waals surface area contributed by atoms with E-state index in [-0.39, 0.29) is 11.8 Å². The van der Waals surface area contributed by atoms with Crippen molar-refractivity contribution in [3.05, 3.63) is 77.4 Å². The van der Waals surface area contributed by atoms with Crippen molar-refractivity contribution in [2.75, 3.05) is 20.3 Å². The Labute approximate surface area is 163 Å². The van der Waals surface area contributed by atoms with Gasteiger partial charge in [-0.05, 0) is 30.2 Å². The van der Waals surface area contributed by atoms with Crippen LogP contribution in [0.4, 0.5) is 0 Å². The number of carbonyl (C=O) groups excluding carboxylic acids is 1. The van der Waals surface area contributed by atoms with Crippen LogP contribution in [0.1, 0.15) is 33.5 Å². The van der Waals surface area contributed by atoms with Crippen molar-refractivity contribution in [3.8, 4) is 11.5 Å². The first-order valence-corrected chi connectivity index (χ1v) is 9.41. The third-order valence-electron chi connectivity index (χ3n) is 4.93. The zero-order valence-electron chi connectivity index (χ0n) is 15.8. The topological polar surface area (TPSA) is 76.2 Å². The first kappa shape index (κ1) is 18.1. The Kier molecular flexibility index (Phi) is 5.28. The lowest BCUT2D eigenvalue weighted by Crippen LogP contribution is -2.26. The van der Waals surface area contributed by atoms with Crippen molar-refractivity contribution in [1.29, 1.82) is 0 Å². The van der Waals surface area contributed by atoms with Crippen LogP contribution in [0.15, 0.2) is 54.6 Å². The Morgan fingerprint density at radius 1 is 1.11 bits per heavy atom. The van der Waals surface area contributed by atoms with Crippen LogP contribution in [0, 0.1) is 0 Å². The zero-order chi connectivity index (χ0) is 19.3. The van der Waals surface area contributed by atoms with Crippen molar-refractivity contribution in [1.82, 2.24) is 15.3 Å². The van der Waals surface area contributed by atoms with Gasteiger partial charge in [0, 0.05) is 24.6 Å². The van der Waals surface area contributed by atoms with Gasteiger partial charge in [0.05, 0.1) is 13.7 Å². The number of benzene rings is 2. The summed E-state index contributed by atoms with van der Waals surface area (Å²) in [5.74, 6) is 2.40. The second kappa shape index (κ2) is 8.17. The molecule has 1 unspecified atom stereocenters. The SMILES string of the molecule is COc1ccccc1C1CNC(=O)c2nc(CCOc3ccccc3)[nH]c2C1. The van der Waals surface area contributed by atoms with Gasteiger partial charge in [0.25, 0.3) is 5.91 Å². The number of para-hydroxylation sites is 2. The highest BCUT2D eigenvalue weighted by atomic mass is 16.5. The number of nitrogens with zero attached hydrogens (tertiary/aromatic N) is 1. The molecule has 0 saturated heterocycles. The van der Waals surface area contributed by atoms with E-state index in [1.807, 2.05) is 54.6 Å². The van der Waals surface area contributed by atoms with E-state index < -0.39 is 0 Å². The van der Waals surface area contributed by atoms with E-state index in [1.54, 1.807) is 7.11 Å². The Hall–Kier alpha value is -3.28. The van der Waals surface area contributed by atoms with Gasteiger partial charge in [0.1, 0.15) is 23.0 Å². The van der Waals surface area contributed by atoms with Gasteiger partial charge < -0.3 is 19.8 Å². The second-order valence-corrected chi connectivity index (χ2v) is 6.78. The van der Waals surface area contributed by atoms with E-state index >= 15 is 0 Å². The highest BCUT2D eigenvalue weighted by molar-refractivity contribution is 5.94. The molecular weight excluding hydrogens is 354 g/mol. The lowest BCUT2D eigenvalue weighted by Gasteiger charge is -2.17. The van der Waals surface area contributed by atoms with Gasteiger partial charge in [-0.3, -0.25) is 4.79 Å². The van der Waals surface area contributed by atoms with Gasteiger partial charge in [-0.15, -0.1) is 0 Å². The lowest BCUT2D eigenvalue weighted by atomic mass is 9.93. The van der Waals surface area contributed by atoms with Gasteiger partial charge in [-0.25, -0.2) is 4.98 Å². The summed E-state index contributed by atoms with van der Waals surface area (Å²) in [6.07, 6.45) is 1.30. The van der Waals surface area contributed by atoms with Crippen LogP contribution in [0.5, 0.6) is 11.5 Å². The molecule has 1 amide bonds. The number of methoxy groups -OCH3 is 1. The van der Waals surface area contributed by atoms with Gasteiger partial charge in [0.15, 0.2) is 0 Å². The first-order valence-electron chi connectivity index (χ1n) is 9.41. The maximum atomic E-state index is 12.5. The van der Waals surface area contributed by atoms with Crippen LogP contribution in [0.25, 0.3) is 0 Å². The van der Waals surface area contributed by atoms with Gasteiger partial charge in [0.2, 0.25) is 0 Å². The maximum Gasteiger partial charge on any atom is 0.271 e. The fourth-order valence-corrected chi connectivity index (χ4v) is 3.54. The van der Waals surface area contributed by atoms with Gasteiger partial charge in [-0.1, -0.05) is 36.4 Å². The van der Waals surface area contributed by atoms with Crippen molar-refractivity contribution >= 4 is 5.91 Å². The van der Waals surface area contributed by atoms with Gasteiger partial charge >= 0.3 is 0 Å². The van der Waals surface area contributed by atoms with Crippen molar-refractivity contribution < 1.29 is 14.3 Å². The Bertz CT molecular complexity index is 953. The van der Waals surface area contributed by atoms with Crippen molar-refractivity contribution in [2.24, 2.45) is 0 Å². The molecule has 1 atom stereocenters. The average molecular weight is 377 g/mol. The molecule has 0 saturated carbocycles. The monoisotopic (exact) mass is 377 g/mol. The molecule has 0 fully saturated rings. The number of hydrogen-bond acceptors (Lipinski definition) is 4. The molecule has 0 bridgehead atoms. The summed E-state index contributed by atoms with van der Waals surface area (Å²) in [7, 11) is 1.67. The van der Waals surface area contributed by atoms with E-state index in [2.05, 4.69) is 15.3 Å². The highest BCUT2D eigenvalue weighted by Gasteiger charge is 2.27. The summed E-state index contributed by atoms with van der Waals surface area (Å²) in [5.41, 5.74) is 2.43.